The summed E-state index contributed by atoms with van der Waals surface area (Å²) < 4.78 is 5.89. The molecule has 2 atom stereocenters. The predicted octanol–water partition coefficient (Wildman–Crippen LogP) is 2.82. The van der Waals surface area contributed by atoms with Crippen LogP contribution in [0.1, 0.15) is 25.3 Å². The first-order valence-corrected chi connectivity index (χ1v) is 9.01. The van der Waals surface area contributed by atoms with Crippen molar-refractivity contribution in [3.05, 3.63) is 29.8 Å². The SMILES string of the molecule is CN=C(NCC(C)Oc1ccc(C)cc1)NCC1CCCS1. The lowest BCUT2D eigenvalue weighted by Gasteiger charge is -2.19. The first kappa shape index (κ1) is 17.0. The van der Waals surface area contributed by atoms with Crippen LogP contribution in [0, 0.1) is 6.92 Å². The molecule has 0 bridgehead atoms. The fraction of sp³-hybridized carbons (Fsp3) is 0.588. The number of hydrogen-bond acceptors (Lipinski definition) is 3. The van der Waals surface area contributed by atoms with Gasteiger partial charge in [0.05, 0.1) is 6.54 Å². The van der Waals surface area contributed by atoms with Gasteiger partial charge in [-0.3, -0.25) is 4.99 Å². The Bertz CT molecular complexity index is 469. The van der Waals surface area contributed by atoms with Crippen LogP contribution < -0.4 is 15.4 Å². The Morgan fingerprint density at radius 2 is 2.14 bits per heavy atom. The van der Waals surface area contributed by atoms with Gasteiger partial charge in [-0.15, -0.1) is 0 Å². The minimum atomic E-state index is 0.0853. The number of nitrogens with one attached hydrogen (secondary N) is 2. The fourth-order valence-corrected chi connectivity index (χ4v) is 3.57. The van der Waals surface area contributed by atoms with Crippen molar-refractivity contribution >= 4 is 17.7 Å². The largest absolute Gasteiger partial charge is 0.489 e. The van der Waals surface area contributed by atoms with Gasteiger partial charge >= 0.3 is 0 Å². The molecule has 0 amide bonds. The molecule has 5 heteroatoms. The lowest BCUT2D eigenvalue weighted by Crippen LogP contribution is -2.43. The molecule has 1 heterocycles. The highest BCUT2D eigenvalue weighted by molar-refractivity contribution is 8.00. The van der Waals surface area contributed by atoms with E-state index in [-0.39, 0.29) is 6.10 Å². The number of thioether (sulfide) groups is 1. The topological polar surface area (TPSA) is 45.7 Å². The lowest BCUT2D eigenvalue weighted by atomic mass is 10.2. The second-order valence-corrected chi connectivity index (χ2v) is 7.12. The van der Waals surface area contributed by atoms with Crippen LogP contribution in [0.4, 0.5) is 0 Å². The van der Waals surface area contributed by atoms with Crippen molar-refractivity contribution in [2.24, 2.45) is 4.99 Å². The quantitative estimate of drug-likeness (QED) is 0.625. The third kappa shape index (κ3) is 5.79. The van der Waals surface area contributed by atoms with E-state index in [0.717, 1.165) is 30.0 Å². The first-order chi connectivity index (χ1) is 10.7. The van der Waals surface area contributed by atoms with Crippen LogP contribution in [0.2, 0.25) is 0 Å². The summed E-state index contributed by atoms with van der Waals surface area (Å²) in [6.45, 7) is 5.85. The number of aliphatic imine (C=N–C) groups is 1. The Labute approximate surface area is 138 Å². The summed E-state index contributed by atoms with van der Waals surface area (Å²) in [4.78, 5) is 4.27. The highest BCUT2D eigenvalue weighted by Crippen LogP contribution is 2.25. The van der Waals surface area contributed by atoms with Gasteiger partial charge in [0.25, 0.3) is 0 Å². The van der Waals surface area contributed by atoms with E-state index >= 15 is 0 Å². The number of aryl methyl sites for hydroxylation is 1. The molecule has 0 saturated carbocycles. The van der Waals surface area contributed by atoms with Crippen LogP contribution in [0.5, 0.6) is 5.75 Å². The van der Waals surface area contributed by atoms with E-state index in [1.54, 1.807) is 0 Å². The molecule has 0 aliphatic carbocycles. The summed E-state index contributed by atoms with van der Waals surface area (Å²) in [7, 11) is 1.81. The minimum Gasteiger partial charge on any atom is -0.489 e. The third-order valence-corrected chi connectivity index (χ3v) is 5.06. The van der Waals surface area contributed by atoms with Gasteiger partial charge in [-0.2, -0.15) is 11.8 Å². The zero-order valence-corrected chi connectivity index (χ0v) is 14.6. The van der Waals surface area contributed by atoms with Crippen LogP contribution in [0.3, 0.4) is 0 Å². The van der Waals surface area contributed by atoms with E-state index in [9.17, 15) is 0 Å². The average Bonchev–Trinajstić information content (AvgIpc) is 3.03. The molecule has 1 aliphatic rings. The molecule has 2 N–H and O–H groups in total. The summed E-state index contributed by atoms with van der Waals surface area (Å²) in [6.07, 6.45) is 2.73. The normalized spacial score (nSPS) is 19.8. The van der Waals surface area contributed by atoms with Gasteiger partial charge in [-0.25, -0.2) is 0 Å². The van der Waals surface area contributed by atoms with E-state index < -0.39 is 0 Å². The maximum Gasteiger partial charge on any atom is 0.191 e. The van der Waals surface area contributed by atoms with Crippen molar-refractivity contribution in [2.45, 2.75) is 38.0 Å². The van der Waals surface area contributed by atoms with Crippen LogP contribution in [-0.2, 0) is 0 Å². The molecule has 4 nitrogen and oxygen atoms in total. The fourth-order valence-electron chi connectivity index (χ4n) is 2.37. The molecule has 122 valence electrons. The zero-order valence-electron chi connectivity index (χ0n) is 13.8. The smallest absolute Gasteiger partial charge is 0.191 e. The number of benzene rings is 1. The molecule has 1 aromatic rings. The van der Waals surface area contributed by atoms with E-state index in [2.05, 4.69) is 53.4 Å². The highest BCUT2D eigenvalue weighted by Gasteiger charge is 2.15. The second kappa shape index (κ2) is 8.93. The first-order valence-electron chi connectivity index (χ1n) is 7.97. The molecular weight excluding hydrogens is 294 g/mol. The van der Waals surface area contributed by atoms with Gasteiger partial charge < -0.3 is 15.4 Å². The Hall–Kier alpha value is -1.36. The maximum absolute atomic E-state index is 5.89. The molecule has 1 aromatic carbocycles. The van der Waals surface area contributed by atoms with E-state index in [4.69, 9.17) is 4.74 Å². The molecular formula is C17H27N3OS. The molecule has 2 unspecified atom stereocenters. The number of guanidine groups is 1. The standard InChI is InChI=1S/C17H27N3OS/c1-13-6-8-15(9-7-13)21-14(2)11-19-17(18-3)20-12-16-5-4-10-22-16/h6-9,14,16H,4-5,10-12H2,1-3H3,(H2,18,19,20). The van der Waals surface area contributed by atoms with Crippen LogP contribution in [0.25, 0.3) is 0 Å². The predicted molar refractivity (Wildman–Crippen MR) is 96.1 cm³/mol. The van der Waals surface area contributed by atoms with E-state index in [1.165, 1.54) is 24.2 Å². The zero-order chi connectivity index (χ0) is 15.8. The Morgan fingerprint density at radius 3 is 2.77 bits per heavy atom. The second-order valence-electron chi connectivity index (χ2n) is 5.71. The summed E-state index contributed by atoms with van der Waals surface area (Å²) >= 11 is 2.05. The van der Waals surface area contributed by atoms with Crippen molar-refractivity contribution in [1.29, 1.82) is 0 Å². The molecule has 1 aliphatic heterocycles. The summed E-state index contributed by atoms with van der Waals surface area (Å²) in [5.41, 5.74) is 1.24. The molecule has 0 aromatic heterocycles. The Morgan fingerprint density at radius 1 is 1.36 bits per heavy atom. The lowest BCUT2D eigenvalue weighted by molar-refractivity contribution is 0.224. The van der Waals surface area contributed by atoms with Crippen LogP contribution in [-0.4, -0.2) is 43.2 Å². The number of rotatable bonds is 6. The molecule has 1 fully saturated rings. The molecule has 1 saturated heterocycles. The number of ether oxygens (including phenoxy) is 1. The van der Waals surface area contributed by atoms with Gasteiger partial charge in [0.15, 0.2) is 5.96 Å². The van der Waals surface area contributed by atoms with Crippen molar-refractivity contribution in [1.82, 2.24) is 10.6 Å². The van der Waals surface area contributed by atoms with Gasteiger partial charge in [-0.05, 0) is 44.6 Å². The van der Waals surface area contributed by atoms with Crippen molar-refractivity contribution < 1.29 is 4.74 Å². The summed E-state index contributed by atoms with van der Waals surface area (Å²) in [5.74, 6) is 3.05. The molecule has 22 heavy (non-hydrogen) atoms. The Kier molecular flexibility index (Phi) is 6.90. The number of hydrogen-bond donors (Lipinski definition) is 2. The monoisotopic (exact) mass is 321 g/mol. The summed E-state index contributed by atoms with van der Waals surface area (Å²) in [6, 6.07) is 8.15. The highest BCUT2D eigenvalue weighted by atomic mass is 32.2. The molecule has 2 rings (SSSR count). The average molecular weight is 321 g/mol. The van der Waals surface area contributed by atoms with Crippen LogP contribution >= 0.6 is 11.8 Å². The van der Waals surface area contributed by atoms with Crippen LogP contribution in [0.15, 0.2) is 29.3 Å². The van der Waals surface area contributed by atoms with Gasteiger partial charge in [0, 0.05) is 18.8 Å². The molecule has 0 spiro atoms. The van der Waals surface area contributed by atoms with Gasteiger partial charge in [0.2, 0.25) is 0 Å². The number of nitrogens with zero attached hydrogens (tertiary/aromatic N) is 1. The van der Waals surface area contributed by atoms with Crippen molar-refractivity contribution in [2.75, 3.05) is 25.9 Å². The Balaban J connectivity index is 1.69. The maximum atomic E-state index is 5.89. The van der Waals surface area contributed by atoms with E-state index in [1.807, 2.05) is 19.2 Å². The third-order valence-electron chi connectivity index (χ3n) is 3.66. The van der Waals surface area contributed by atoms with Gasteiger partial charge in [-0.1, -0.05) is 17.7 Å². The van der Waals surface area contributed by atoms with E-state index in [0.29, 0.717) is 0 Å². The van der Waals surface area contributed by atoms with Crippen molar-refractivity contribution in [3.63, 3.8) is 0 Å². The minimum absolute atomic E-state index is 0.0853. The molecule has 0 radical (unpaired) electrons. The van der Waals surface area contributed by atoms with Crippen molar-refractivity contribution in [3.8, 4) is 5.75 Å². The summed E-state index contributed by atoms with van der Waals surface area (Å²) in [5, 5.41) is 7.45. The van der Waals surface area contributed by atoms with Gasteiger partial charge in [0.1, 0.15) is 11.9 Å².